The van der Waals surface area contributed by atoms with E-state index in [1.165, 1.54) is 12.7 Å². The molecule has 1 saturated heterocycles. The first-order valence-electron chi connectivity index (χ1n) is 8.34. The van der Waals surface area contributed by atoms with Crippen LogP contribution in [-0.4, -0.2) is 36.5 Å². The quantitative estimate of drug-likeness (QED) is 0.803. The van der Waals surface area contributed by atoms with Crippen LogP contribution in [0.25, 0.3) is 0 Å². The van der Waals surface area contributed by atoms with Crippen LogP contribution in [0.15, 0.2) is 47.7 Å². The molecule has 0 aromatic heterocycles. The van der Waals surface area contributed by atoms with Gasteiger partial charge < -0.3 is 15.0 Å². The van der Waals surface area contributed by atoms with E-state index in [-0.39, 0.29) is 29.3 Å². The number of carbonyl (C=O) groups is 2. The molecule has 5 rings (SSSR count). The number of methoxy groups -OCH3 is 1. The molecular formula is C19H18N2O3. The standard InChI is InChI=1S/C19H18N2O3/c1-24-18(23)12-10-11-6-7-15(22)21-9-8-19(17(11)21)13-4-2-3-5-14(13)20-16(12)19/h2-7,11,17,20H,8-10H2,1H3/t11-,17-,19-/m1/s1. The number of anilines is 1. The average molecular weight is 322 g/mol. The minimum atomic E-state index is -0.316. The van der Waals surface area contributed by atoms with Gasteiger partial charge in [-0.1, -0.05) is 24.3 Å². The van der Waals surface area contributed by atoms with E-state index in [0.717, 1.165) is 29.9 Å². The van der Waals surface area contributed by atoms with E-state index in [0.29, 0.717) is 6.42 Å². The minimum absolute atomic E-state index is 0.0783. The molecule has 1 amide bonds. The molecule has 3 heterocycles. The van der Waals surface area contributed by atoms with Gasteiger partial charge in [0.25, 0.3) is 0 Å². The number of esters is 1. The molecule has 0 saturated carbocycles. The highest BCUT2D eigenvalue weighted by Crippen LogP contribution is 2.59. The van der Waals surface area contributed by atoms with Crippen molar-refractivity contribution in [1.29, 1.82) is 0 Å². The van der Waals surface area contributed by atoms with Crippen molar-refractivity contribution in [2.75, 3.05) is 19.0 Å². The fraction of sp³-hybridized carbons (Fsp3) is 0.368. The molecule has 1 fully saturated rings. The predicted octanol–water partition coefficient (Wildman–Crippen LogP) is 1.97. The summed E-state index contributed by atoms with van der Waals surface area (Å²) in [5.41, 5.74) is 3.59. The van der Waals surface area contributed by atoms with Gasteiger partial charge in [0.15, 0.2) is 0 Å². The number of fused-ring (bicyclic) bond motifs is 1. The van der Waals surface area contributed by atoms with Crippen LogP contribution in [-0.2, 0) is 19.7 Å². The van der Waals surface area contributed by atoms with Crippen molar-refractivity contribution in [2.24, 2.45) is 5.92 Å². The zero-order valence-electron chi connectivity index (χ0n) is 13.4. The lowest BCUT2D eigenvalue weighted by Crippen LogP contribution is -2.54. The Hall–Kier alpha value is -2.56. The van der Waals surface area contributed by atoms with Crippen molar-refractivity contribution in [3.8, 4) is 0 Å². The molecule has 122 valence electrons. The molecule has 3 aliphatic heterocycles. The average Bonchev–Trinajstić information content (AvgIpc) is 3.17. The maximum absolute atomic E-state index is 12.4. The van der Waals surface area contributed by atoms with Gasteiger partial charge in [0.1, 0.15) is 0 Å². The van der Waals surface area contributed by atoms with Crippen LogP contribution < -0.4 is 5.32 Å². The van der Waals surface area contributed by atoms with E-state index >= 15 is 0 Å². The Kier molecular flexibility index (Phi) is 2.59. The van der Waals surface area contributed by atoms with Gasteiger partial charge in [-0.15, -0.1) is 0 Å². The second kappa shape index (κ2) is 4.50. The predicted molar refractivity (Wildman–Crippen MR) is 88.1 cm³/mol. The summed E-state index contributed by atoms with van der Waals surface area (Å²) in [7, 11) is 1.43. The molecule has 1 N–H and O–H groups in total. The van der Waals surface area contributed by atoms with Crippen LogP contribution in [0.5, 0.6) is 0 Å². The maximum Gasteiger partial charge on any atom is 0.335 e. The summed E-state index contributed by atoms with van der Waals surface area (Å²) in [4.78, 5) is 26.8. The summed E-state index contributed by atoms with van der Waals surface area (Å²) in [5, 5.41) is 3.48. The molecule has 5 nitrogen and oxygen atoms in total. The van der Waals surface area contributed by atoms with Crippen molar-refractivity contribution in [2.45, 2.75) is 24.3 Å². The Morgan fingerprint density at radius 2 is 2.21 bits per heavy atom. The molecule has 5 heteroatoms. The molecule has 1 spiro atoms. The summed E-state index contributed by atoms with van der Waals surface area (Å²) in [6, 6.07) is 8.27. The van der Waals surface area contributed by atoms with E-state index in [1.54, 1.807) is 6.08 Å². The number of nitrogens with zero attached hydrogens (tertiary/aromatic N) is 1. The number of para-hydroxylation sites is 1. The van der Waals surface area contributed by atoms with Crippen LogP contribution >= 0.6 is 0 Å². The van der Waals surface area contributed by atoms with Gasteiger partial charge in [-0.3, -0.25) is 4.79 Å². The Bertz CT molecular complexity index is 841. The molecule has 0 radical (unpaired) electrons. The Morgan fingerprint density at radius 3 is 3.04 bits per heavy atom. The summed E-state index contributed by atoms with van der Waals surface area (Å²) in [6.07, 6.45) is 5.09. The number of hydrogen-bond acceptors (Lipinski definition) is 4. The molecule has 3 atom stereocenters. The van der Waals surface area contributed by atoms with E-state index in [4.69, 9.17) is 4.74 Å². The largest absolute Gasteiger partial charge is 0.466 e. The summed E-state index contributed by atoms with van der Waals surface area (Å²) in [6.45, 7) is 0.721. The van der Waals surface area contributed by atoms with Crippen LogP contribution in [0.1, 0.15) is 18.4 Å². The van der Waals surface area contributed by atoms with Crippen LogP contribution in [0, 0.1) is 5.92 Å². The number of carbonyl (C=O) groups excluding carboxylic acids is 2. The van der Waals surface area contributed by atoms with Crippen molar-refractivity contribution in [3.05, 3.63) is 53.3 Å². The molecule has 4 aliphatic rings. The molecule has 24 heavy (non-hydrogen) atoms. The lowest BCUT2D eigenvalue weighted by Gasteiger charge is -2.45. The van der Waals surface area contributed by atoms with Crippen molar-refractivity contribution >= 4 is 17.6 Å². The third kappa shape index (κ3) is 1.45. The van der Waals surface area contributed by atoms with Gasteiger partial charge >= 0.3 is 5.97 Å². The first-order chi connectivity index (χ1) is 11.7. The second-order valence-electron chi connectivity index (χ2n) is 6.94. The monoisotopic (exact) mass is 322 g/mol. The van der Waals surface area contributed by atoms with Crippen molar-refractivity contribution in [1.82, 2.24) is 4.90 Å². The normalized spacial score (nSPS) is 32.2. The smallest absolute Gasteiger partial charge is 0.335 e. The number of amides is 1. The molecule has 1 aromatic carbocycles. The Labute approximate surface area is 140 Å². The number of nitrogens with one attached hydrogen (secondary N) is 1. The fourth-order valence-corrected chi connectivity index (χ4v) is 5.20. The number of hydrogen-bond donors (Lipinski definition) is 1. The topological polar surface area (TPSA) is 58.6 Å². The van der Waals surface area contributed by atoms with E-state index in [1.807, 2.05) is 29.2 Å². The highest BCUT2D eigenvalue weighted by Gasteiger charge is 2.62. The Morgan fingerprint density at radius 1 is 1.38 bits per heavy atom. The van der Waals surface area contributed by atoms with Crippen molar-refractivity contribution in [3.63, 3.8) is 0 Å². The van der Waals surface area contributed by atoms with Crippen LogP contribution in [0.4, 0.5) is 5.69 Å². The van der Waals surface area contributed by atoms with Crippen molar-refractivity contribution < 1.29 is 14.3 Å². The number of rotatable bonds is 1. The first-order valence-corrected chi connectivity index (χ1v) is 8.34. The summed E-state index contributed by atoms with van der Waals surface area (Å²) in [5.74, 6) is -0.0405. The third-order valence-electron chi connectivity index (χ3n) is 6.05. The third-order valence-corrected chi connectivity index (χ3v) is 6.05. The van der Waals surface area contributed by atoms with Crippen LogP contribution in [0.3, 0.4) is 0 Å². The Balaban J connectivity index is 1.80. The van der Waals surface area contributed by atoms with Crippen LogP contribution in [0.2, 0.25) is 0 Å². The van der Waals surface area contributed by atoms with E-state index in [9.17, 15) is 9.59 Å². The van der Waals surface area contributed by atoms with E-state index < -0.39 is 0 Å². The molecular weight excluding hydrogens is 304 g/mol. The van der Waals surface area contributed by atoms with Gasteiger partial charge in [0.05, 0.1) is 24.1 Å². The highest BCUT2D eigenvalue weighted by molar-refractivity contribution is 5.95. The van der Waals surface area contributed by atoms with Gasteiger partial charge in [0.2, 0.25) is 5.91 Å². The van der Waals surface area contributed by atoms with Gasteiger partial charge in [-0.2, -0.15) is 0 Å². The minimum Gasteiger partial charge on any atom is -0.466 e. The molecule has 0 unspecified atom stereocenters. The zero-order chi connectivity index (χ0) is 16.5. The number of ether oxygens (including phenoxy) is 1. The summed E-state index contributed by atoms with van der Waals surface area (Å²) >= 11 is 0. The SMILES string of the molecule is COC(=O)C1=C2Nc3ccccc3[C@]23CCN2C(=O)C=C[C@H](C1)[C@@H]23. The molecule has 1 aromatic rings. The fourth-order valence-electron chi connectivity index (χ4n) is 5.20. The lowest BCUT2D eigenvalue weighted by molar-refractivity contribution is -0.136. The lowest BCUT2D eigenvalue weighted by atomic mass is 9.63. The van der Waals surface area contributed by atoms with E-state index in [2.05, 4.69) is 11.4 Å². The summed E-state index contributed by atoms with van der Waals surface area (Å²) < 4.78 is 5.06. The van der Waals surface area contributed by atoms with Gasteiger partial charge in [0, 0.05) is 23.8 Å². The molecule has 0 bridgehead atoms. The highest BCUT2D eigenvalue weighted by atomic mass is 16.5. The van der Waals surface area contributed by atoms with Gasteiger partial charge in [-0.05, 0) is 30.5 Å². The zero-order valence-corrected chi connectivity index (χ0v) is 13.4. The number of benzene rings is 1. The second-order valence-corrected chi connectivity index (χ2v) is 6.94. The first kappa shape index (κ1) is 13.8. The molecule has 1 aliphatic carbocycles. The maximum atomic E-state index is 12.4. The van der Waals surface area contributed by atoms with Gasteiger partial charge in [-0.25, -0.2) is 4.79 Å².